The Labute approximate surface area is 170 Å². The Balaban J connectivity index is 1.60. The van der Waals surface area contributed by atoms with E-state index in [1.165, 1.54) is 7.11 Å². The van der Waals surface area contributed by atoms with Crippen LogP contribution in [-0.2, 0) is 4.79 Å². The van der Waals surface area contributed by atoms with Crippen LogP contribution in [-0.4, -0.2) is 25.0 Å². The number of carbonyl (C=O) groups is 2. The van der Waals surface area contributed by atoms with Gasteiger partial charge in [-0.3, -0.25) is 20.4 Å². The van der Waals surface area contributed by atoms with Gasteiger partial charge in [-0.05, 0) is 64.0 Å². The minimum Gasteiger partial charge on any atom is -0.497 e. The van der Waals surface area contributed by atoms with Crippen LogP contribution in [0.3, 0.4) is 0 Å². The minimum absolute atomic E-state index is 0.336. The number of amides is 2. The molecule has 3 rings (SSSR count). The summed E-state index contributed by atoms with van der Waals surface area (Å²) in [5.41, 5.74) is 5.10. The summed E-state index contributed by atoms with van der Waals surface area (Å²) in [6, 6.07) is 18.5. The molecule has 1 atom stereocenters. The molecule has 3 aromatic carbocycles. The number of carbonyl (C=O) groups excluding carboxylic acids is 2. The number of fused-ring (bicyclic) bond motifs is 1. The van der Waals surface area contributed by atoms with E-state index in [-0.39, 0.29) is 0 Å². The van der Waals surface area contributed by atoms with Gasteiger partial charge in [0.2, 0.25) is 0 Å². The molecule has 1 unspecified atom stereocenters. The van der Waals surface area contributed by atoms with Crippen molar-refractivity contribution in [2.75, 3.05) is 7.11 Å². The van der Waals surface area contributed by atoms with Crippen molar-refractivity contribution in [3.63, 3.8) is 0 Å². The molecular formula is C21H19BrN2O4. The van der Waals surface area contributed by atoms with Crippen LogP contribution < -0.4 is 20.3 Å². The number of nitrogens with one attached hydrogen (secondary N) is 2. The van der Waals surface area contributed by atoms with E-state index in [2.05, 4.69) is 26.8 Å². The molecule has 144 valence electrons. The first-order valence-electron chi connectivity index (χ1n) is 8.57. The zero-order valence-corrected chi connectivity index (χ0v) is 16.9. The molecule has 3 aromatic rings. The first-order valence-corrected chi connectivity index (χ1v) is 9.36. The van der Waals surface area contributed by atoms with Crippen molar-refractivity contribution in [3.05, 3.63) is 70.7 Å². The maximum atomic E-state index is 12.3. The van der Waals surface area contributed by atoms with E-state index in [9.17, 15) is 9.59 Å². The molecule has 0 aliphatic carbocycles. The zero-order chi connectivity index (χ0) is 20.1. The predicted molar refractivity (Wildman–Crippen MR) is 110 cm³/mol. The van der Waals surface area contributed by atoms with E-state index in [0.29, 0.717) is 21.5 Å². The van der Waals surface area contributed by atoms with E-state index in [1.807, 2.05) is 36.4 Å². The van der Waals surface area contributed by atoms with Gasteiger partial charge in [0.25, 0.3) is 11.8 Å². The highest BCUT2D eigenvalue weighted by atomic mass is 79.9. The molecule has 0 fully saturated rings. The Kier molecular flexibility index (Phi) is 6.16. The summed E-state index contributed by atoms with van der Waals surface area (Å²) < 4.78 is 11.4. The summed E-state index contributed by atoms with van der Waals surface area (Å²) in [5.74, 6) is 0.161. The molecule has 0 spiro atoms. The van der Waals surface area contributed by atoms with Crippen molar-refractivity contribution in [2.45, 2.75) is 13.0 Å². The first kappa shape index (κ1) is 19.7. The van der Waals surface area contributed by atoms with Crippen LogP contribution in [0, 0.1) is 0 Å². The Morgan fingerprint density at radius 1 is 0.929 bits per heavy atom. The fourth-order valence-corrected chi connectivity index (χ4v) is 3.02. The molecule has 0 saturated carbocycles. The van der Waals surface area contributed by atoms with Crippen LogP contribution in [0.25, 0.3) is 10.8 Å². The molecule has 28 heavy (non-hydrogen) atoms. The maximum Gasteiger partial charge on any atom is 0.279 e. The summed E-state index contributed by atoms with van der Waals surface area (Å²) in [6.45, 7) is 1.61. The maximum absolute atomic E-state index is 12.3. The number of ether oxygens (including phenoxy) is 2. The molecule has 0 radical (unpaired) electrons. The van der Waals surface area contributed by atoms with E-state index in [0.717, 1.165) is 10.8 Å². The van der Waals surface area contributed by atoms with Crippen LogP contribution in [0.4, 0.5) is 0 Å². The summed E-state index contributed by atoms with van der Waals surface area (Å²) in [5, 5.41) is 2.10. The summed E-state index contributed by atoms with van der Waals surface area (Å²) in [4.78, 5) is 24.6. The molecule has 0 aliphatic heterocycles. The molecule has 7 heteroatoms. The number of hydrogen-bond acceptors (Lipinski definition) is 4. The van der Waals surface area contributed by atoms with Gasteiger partial charge >= 0.3 is 0 Å². The predicted octanol–water partition coefficient (Wildman–Crippen LogP) is 3.84. The lowest BCUT2D eigenvalue weighted by Gasteiger charge is -2.16. The summed E-state index contributed by atoms with van der Waals surface area (Å²) in [6.07, 6.45) is -0.796. The number of rotatable bonds is 5. The quantitative estimate of drug-likeness (QED) is 0.588. The number of benzene rings is 3. The molecule has 0 bridgehead atoms. The van der Waals surface area contributed by atoms with Crippen LogP contribution in [0.1, 0.15) is 17.3 Å². The SMILES string of the molecule is COc1ccc(Br)c(C(=O)NNC(=O)C(C)Oc2ccc3ccccc3c2)c1. The third-order valence-corrected chi connectivity index (χ3v) is 4.81. The fraction of sp³-hybridized carbons (Fsp3) is 0.143. The molecule has 2 N–H and O–H groups in total. The topological polar surface area (TPSA) is 76.7 Å². The van der Waals surface area contributed by atoms with Crippen molar-refractivity contribution in [3.8, 4) is 11.5 Å². The van der Waals surface area contributed by atoms with E-state index >= 15 is 0 Å². The van der Waals surface area contributed by atoms with Crippen LogP contribution >= 0.6 is 15.9 Å². The molecule has 0 aromatic heterocycles. The lowest BCUT2D eigenvalue weighted by Crippen LogP contribution is -2.47. The Bertz CT molecular complexity index is 1020. The van der Waals surface area contributed by atoms with Gasteiger partial charge in [-0.1, -0.05) is 30.3 Å². The van der Waals surface area contributed by atoms with Gasteiger partial charge in [-0.2, -0.15) is 0 Å². The van der Waals surface area contributed by atoms with Gasteiger partial charge in [0.1, 0.15) is 11.5 Å². The first-order chi connectivity index (χ1) is 13.5. The van der Waals surface area contributed by atoms with Gasteiger partial charge in [0.15, 0.2) is 6.10 Å². The standard InChI is InChI=1S/C21H19BrN2O4/c1-13(28-17-8-7-14-5-3-4-6-15(14)11-17)20(25)23-24-21(26)18-12-16(27-2)9-10-19(18)22/h3-13H,1-2H3,(H,23,25)(H,24,26). The lowest BCUT2D eigenvalue weighted by molar-refractivity contribution is -0.128. The van der Waals surface area contributed by atoms with Gasteiger partial charge in [0.05, 0.1) is 12.7 Å². The molecule has 2 amide bonds. The Morgan fingerprint density at radius 2 is 1.64 bits per heavy atom. The smallest absolute Gasteiger partial charge is 0.279 e. The van der Waals surface area contributed by atoms with Crippen molar-refractivity contribution in [1.29, 1.82) is 0 Å². The number of hydrogen-bond donors (Lipinski definition) is 2. The monoisotopic (exact) mass is 442 g/mol. The van der Waals surface area contributed by atoms with Gasteiger partial charge < -0.3 is 9.47 Å². The highest BCUT2D eigenvalue weighted by molar-refractivity contribution is 9.10. The minimum atomic E-state index is -0.796. The van der Waals surface area contributed by atoms with E-state index in [1.54, 1.807) is 31.2 Å². The molecule has 6 nitrogen and oxygen atoms in total. The zero-order valence-electron chi connectivity index (χ0n) is 15.4. The molecule has 0 heterocycles. The Hall–Kier alpha value is -3.06. The van der Waals surface area contributed by atoms with E-state index in [4.69, 9.17) is 9.47 Å². The number of halogens is 1. The van der Waals surface area contributed by atoms with Crippen molar-refractivity contribution >= 4 is 38.5 Å². The average Bonchev–Trinajstić information content (AvgIpc) is 2.72. The van der Waals surface area contributed by atoms with Crippen LogP contribution in [0.15, 0.2) is 65.1 Å². The fourth-order valence-electron chi connectivity index (χ4n) is 2.59. The highest BCUT2D eigenvalue weighted by Crippen LogP contribution is 2.23. The molecule has 0 aliphatic rings. The van der Waals surface area contributed by atoms with Crippen molar-refractivity contribution in [1.82, 2.24) is 10.9 Å². The largest absolute Gasteiger partial charge is 0.497 e. The second-order valence-electron chi connectivity index (χ2n) is 6.06. The second-order valence-corrected chi connectivity index (χ2v) is 6.91. The van der Waals surface area contributed by atoms with E-state index < -0.39 is 17.9 Å². The molecular weight excluding hydrogens is 424 g/mol. The second kappa shape index (κ2) is 8.75. The Morgan fingerprint density at radius 3 is 2.39 bits per heavy atom. The average molecular weight is 443 g/mol. The normalized spacial score (nSPS) is 11.5. The highest BCUT2D eigenvalue weighted by Gasteiger charge is 2.17. The van der Waals surface area contributed by atoms with Crippen LogP contribution in [0.5, 0.6) is 11.5 Å². The third-order valence-electron chi connectivity index (χ3n) is 4.12. The summed E-state index contributed by atoms with van der Waals surface area (Å²) >= 11 is 3.31. The molecule has 0 saturated heterocycles. The van der Waals surface area contributed by atoms with Gasteiger partial charge in [-0.25, -0.2) is 0 Å². The van der Waals surface area contributed by atoms with Gasteiger partial charge in [0, 0.05) is 4.47 Å². The summed E-state index contributed by atoms with van der Waals surface area (Å²) in [7, 11) is 1.51. The van der Waals surface area contributed by atoms with Crippen molar-refractivity contribution < 1.29 is 19.1 Å². The number of methoxy groups -OCH3 is 1. The third kappa shape index (κ3) is 4.61. The van der Waals surface area contributed by atoms with Crippen molar-refractivity contribution in [2.24, 2.45) is 0 Å². The van der Waals surface area contributed by atoms with Crippen LogP contribution in [0.2, 0.25) is 0 Å². The van der Waals surface area contributed by atoms with Gasteiger partial charge in [-0.15, -0.1) is 0 Å². The lowest BCUT2D eigenvalue weighted by atomic mass is 10.1. The number of hydrazine groups is 1.